The van der Waals surface area contributed by atoms with Crippen molar-refractivity contribution in [2.45, 2.75) is 6.92 Å². The van der Waals surface area contributed by atoms with Crippen LogP contribution in [0.1, 0.15) is 6.92 Å². The lowest BCUT2D eigenvalue weighted by molar-refractivity contribution is 1.03. The van der Waals surface area contributed by atoms with Crippen molar-refractivity contribution in [1.82, 2.24) is 0 Å². The van der Waals surface area contributed by atoms with Crippen LogP contribution in [-0.4, -0.2) is 12.6 Å². The summed E-state index contributed by atoms with van der Waals surface area (Å²) in [5, 5.41) is 0. The number of allylic oxidation sites excluding steroid dienone is 1. The Bertz CT molecular complexity index is 181. The third kappa shape index (κ3) is 2.26. The lowest BCUT2D eigenvalue weighted by atomic mass is 10.2. The lowest BCUT2D eigenvalue weighted by Gasteiger charge is -1.91. The Hall–Kier alpha value is -0.190. The first-order valence-corrected chi connectivity index (χ1v) is 3.80. The molecule has 0 saturated heterocycles. The minimum atomic E-state index is 0.416. The summed E-state index contributed by atoms with van der Waals surface area (Å²) in [5.74, 6) is 0.416. The fourth-order valence-electron chi connectivity index (χ4n) is 0.566. The first-order chi connectivity index (χ1) is 4.29. The third-order valence-corrected chi connectivity index (χ3v) is 1.61. The predicted molar refractivity (Wildman–Crippen MR) is 48.3 cm³/mol. The molecular weight excluding hydrogens is 227 g/mol. The molecule has 1 atom stereocenters. The Kier molecular flexibility index (Phi) is 2.38. The minimum absolute atomic E-state index is 0.416. The van der Waals surface area contributed by atoms with E-state index in [0.29, 0.717) is 5.92 Å². The SMILES string of the molecule is C[C@H]1C=NC=NC(I)=C1. The number of hydrogen-bond donors (Lipinski definition) is 0. The van der Waals surface area contributed by atoms with Gasteiger partial charge in [0, 0.05) is 12.1 Å². The number of halogens is 1. The molecule has 0 aromatic rings. The Morgan fingerprint density at radius 1 is 1.67 bits per heavy atom. The molecule has 0 aliphatic carbocycles. The molecule has 2 nitrogen and oxygen atoms in total. The van der Waals surface area contributed by atoms with Crippen molar-refractivity contribution in [3.63, 3.8) is 0 Å². The van der Waals surface area contributed by atoms with Gasteiger partial charge in [-0.2, -0.15) is 0 Å². The van der Waals surface area contributed by atoms with Crippen LogP contribution in [0.2, 0.25) is 0 Å². The maximum Gasteiger partial charge on any atom is 0.116 e. The van der Waals surface area contributed by atoms with Gasteiger partial charge in [-0.1, -0.05) is 6.92 Å². The molecule has 48 valence electrons. The Labute approximate surface area is 67.9 Å². The third-order valence-electron chi connectivity index (χ3n) is 0.969. The molecule has 0 fully saturated rings. The highest BCUT2D eigenvalue weighted by molar-refractivity contribution is 14.1. The van der Waals surface area contributed by atoms with Crippen LogP contribution in [0.4, 0.5) is 0 Å². The van der Waals surface area contributed by atoms with Crippen LogP contribution in [0.3, 0.4) is 0 Å². The van der Waals surface area contributed by atoms with E-state index < -0.39 is 0 Å². The van der Waals surface area contributed by atoms with Gasteiger partial charge in [0.25, 0.3) is 0 Å². The number of aliphatic imine (C=N–C) groups is 2. The summed E-state index contributed by atoms with van der Waals surface area (Å²) < 4.78 is 1.01. The smallest absolute Gasteiger partial charge is 0.116 e. The van der Waals surface area contributed by atoms with Crippen molar-refractivity contribution in [3.8, 4) is 0 Å². The van der Waals surface area contributed by atoms with Crippen LogP contribution in [0, 0.1) is 5.92 Å². The quantitative estimate of drug-likeness (QED) is 0.452. The van der Waals surface area contributed by atoms with E-state index in [1.807, 2.05) is 6.21 Å². The van der Waals surface area contributed by atoms with E-state index >= 15 is 0 Å². The van der Waals surface area contributed by atoms with Crippen LogP contribution >= 0.6 is 22.6 Å². The summed E-state index contributed by atoms with van der Waals surface area (Å²) in [4.78, 5) is 7.93. The Morgan fingerprint density at radius 3 is 3.22 bits per heavy atom. The molecule has 1 aliphatic heterocycles. The van der Waals surface area contributed by atoms with Crippen LogP contribution in [-0.2, 0) is 0 Å². The van der Waals surface area contributed by atoms with Crippen LogP contribution in [0.25, 0.3) is 0 Å². The zero-order chi connectivity index (χ0) is 6.69. The van der Waals surface area contributed by atoms with Gasteiger partial charge in [0.05, 0.1) is 3.70 Å². The topological polar surface area (TPSA) is 24.7 Å². The Morgan fingerprint density at radius 2 is 2.44 bits per heavy atom. The second-order valence-electron chi connectivity index (χ2n) is 1.89. The van der Waals surface area contributed by atoms with Gasteiger partial charge in [-0.3, -0.25) is 0 Å². The molecule has 0 saturated carbocycles. The van der Waals surface area contributed by atoms with Gasteiger partial charge in [-0.25, -0.2) is 9.98 Å². The van der Waals surface area contributed by atoms with Gasteiger partial charge in [-0.15, -0.1) is 0 Å². The molecule has 0 N–H and O–H groups in total. The number of nitrogens with zero attached hydrogens (tertiary/aromatic N) is 2. The second-order valence-corrected chi connectivity index (χ2v) is 3.00. The molecule has 0 amide bonds. The van der Waals surface area contributed by atoms with Gasteiger partial charge >= 0.3 is 0 Å². The van der Waals surface area contributed by atoms with Gasteiger partial charge in [0.1, 0.15) is 6.34 Å². The summed E-state index contributed by atoms with van der Waals surface area (Å²) in [6, 6.07) is 0. The zero-order valence-electron chi connectivity index (χ0n) is 5.08. The molecule has 0 aromatic heterocycles. The summed E-state index contributed by atoms with van der Waals surface area (Å²) in [6.07, 6.45) is 5.50. The molecule has 0 unspecified atom stereocenters. The summed E-state index contributed by atoms with van der Waals surface area (Å²) >= 11 is 2.18. The van der Waals surface area contributed by atoms with Crippen molar-refractivity contribution in [2.24, 2.45) is 15.9 Å². The molecule has 1 aliphatic rings. The second kappa shape index (κ2) is 3.10. The maximum atomic E-state index is 4.00. The monoisotopic (exact) mass is 234 g/mol. The fourth-order valence-corrected chi connectivity index (χ4v) is 1.26. The normalized spacial score (nSPS) is 25.6. The van der Waals surface area contributed by atoms with Gasteiger partial charge < -0.3 is 0 Å². The van der Waals surface area contributed by atoms with Gasteiger partial charge in [0.15, 0.2) is 0 Å². The standard InChI is InChI=1S/C6H7IN2/c1-5-2-6(7)9-4-8-3-5/h2-5H,1H3/t5-/m1/s1. The largest absolute Gasteiger partial charge is 0.249 e. The van der Waals surface area contributed by atoms with Gasteiger partial charge in [-0.05, 0) is 28.7 Å². The lowest BCUT2D eigenvalue weighted by Crippen LogP contribution is -1.88. The highest BCUT2D eigenvalue weighted by atomic mass is 127. The molecule has 0 spiro atoms. The van der Waals surface area contributed by atoms with Crippen molar-refractivity contribution in [2.75, 3.05) is 0 Å². The van der Waals surface area contributed by atoms with E-state index in [2.05, 4.69) is 45.6 Å². The van der Waals surface area contributed by atoms with E-state index in [1.165, 1.54) is 0 Å². The first kappa shape index (κ1) is 6.92. The molecular formula is C6H7IN2. The Balaban J connectivity index is 2.77. The number of rotatable bonds is 0. The van der Waals surface area contributed by atoms with Crippen molar-refractivity contribution in [3.05, 3.63) is 9.78 Å². The van der Waals surface area contributed by atoms with Gasteiger partial charge in [0.2, 0.25) is 0 Å². The summed E-state index contributed by atoms with van der Waals surface area (Å²) in [6.45, 7) is 2.08. The molecule has 9 heavy (non-hydrogen) atoms. The van der Waals surface area contributed by atoms with E-state index in [-0.39, 0.29) is 0 Å². The van der Waals surface area contributed by atoms with Crippen LogP contribution in [0.5, 0.6) is 0 Å². The molecule has 3 heteroatoms. The average molecular weight is 234 g/mol. The van der Waals surface area contributed by atoms with Crippen molar-refractivity contribution >= 4 is 35.1 Å². The van der Waals surface area contributed by atoms with E-state index in [9.17, 15) is 0 Å². The summed E-state index contributed by atoms with van der Waals surface area (Å²) in [7, 11) is 0. The molecule has 0 aromatic carbocycles. The van der Waals surface area contributed by atoms with E-state index in [0.717, 1.165) is 3.70 Å². The number of hydrogen-bond acceptors (Lipinski definition) is 2. The van der Waals surface area contributed by atoms with Crippen molar-refractivity contribution < 1.29 is 0 Å². The summed E-state index contributed by atoms with van der Waals surface area (Å²) in [5.41, 5.74) is 0. The average Bonchev–Trinajstić information content (AvgIpc) is 1.93. The van der Waals surface area contributed by atoms with Crippen LogP contribution in [0.15, 0.2) is 19.8 Å². The van der Waals surface area contributed by atoms with Crippen LogP contribution < -0.4 is 0 Å². The zero-order valence-corrected chi connectivity index (χ0v) is 7.24. The highest BCUT2D eigenvalue weighted by Crippen LogP contribution is 2.11. The molecule has 0 radical (unpaired) electrons. The highest BCUT2D eigenvalue weighted by Gasteiger charge is 1.95. The molecule has 1 heterocycles. The molecule has 0 bridgehead atoms. The fraction of sp³-hybridized carbons (Fsp3) is 0.333. The van der Waals surface area contributed by atoms with Crippen molar-refractivity contribution in [1.29, 1.82) is 0 Å². The molecule has 1 rings (SSSR count). The minimum Gasteiger partial charge on any atom is -0.249 e. The first-order valence-electron chi connectivity index (χ1n) is 2.72. The van der Waals surface area contributed by atoms with E-state index in [1.54, 1.807) is 6.34 Å². The maximum absolute atomic E-state index is 4.00. The van der Waals surface area contributed by atoms with E-state index in [4.69, 9.17) is 0 Å². The predicted octanol–water partition coefficient (Wildman–Crippen LogP) is 2.01.